The monoisotopic (exact) mass is 150 g/mol. The largest absolute Gasteiger partial charge is 0.412 e. The van der Waals surface area contributed by atoms with Crippen LogP contribution in [0.2, 0.25) is 0 Å². The van der Waals surface area contributed by atoms with Crippen LogP contribution in [0.25, 0.3) is 0 Å². The maximum absolute atomic E-state index is 10.1. The van der Waals surface area contributed by atoms with Crippen molar-refractivity contribution in [2.75, 3.05) is 0 Å². The lowest BCUT2D eigenvalue weighted by atomic mass is 10.2. The molecule has 0 saturated heterocycles. The summed E-state index contributed by atoms with van der Waals surface area (Å²) in [6, 6.07) is -0.942. The van der Waals surface area contributed by atoms with E-state index in [0.717, 1.165) is 0 Å². The van der Waals surface area contributed by atoms with Gasteiger partial charge < -0.3 is 22.7 Å². The molecule has 1 atom stereocenters. The molecular formula is C4H11N3O3. The summed E-state index contributed by atoms with van der Waals surface area (Å²) in [5.41, 5.74) is 14.5. The van der Waals surface area contributed by atoms with Crippen molar-refractivity contribution in [1.82, 2.24) is 0 Å². The molecule has 2 amide bonds. The van der Waals surface area contributed by atoms with Gasteiger partial charge in [-0.3, -0.25) is 9.59 Å². The Morgan fingerprint density at radius 3 is 1.80 bits per heavy atom. The van der Waals surface area contributed by atoms with E-state index in [0.29, 0.717) is 0 Å². The Balaban J connectivity index is 0. The van der Waals surface area contributed by atoms with Gasteiger partial charge in [-0.2, -0.15) is 0 Å². The predicted octanol–water partition coefficient (Wildman–Crippen LogP) is -3.15. The molecule has 0 unspecified atom stereocenters. The standard InChI is InChI=1S/C4H9N3O2.H2O/c5-2(4(7)9)1-3(6)8;/h2H,1,5H2,(H2,6,8)(H2,7,9);1H2/t2-;/m0./s1/i7+1;. The molecule has 6 heteroatoms. The van der Waals surface area contributed by atoms with Gasteiger partial charge in [0.05, 0.1) is 12.5 Å². The van der Waals surface area contributed by atoms with Gasteiger partial charge in [-0.1, -0.05) is 0 Å². The fraction of sp³-hybridized carbons (Fsp3) is 0.500. The number of amides is 2. The van der Waals surface area contributed by atoms with Gasteiger partial charge in [0.25, 0.3) is 0 Å². The van der Waals surface area contributed by atoms with Crippen molar-refractivity contribution in [3.05, 3.63) is 0 Å². The number of primary amides is 2. The highest BCUT2D eigenvalue weighted by Gasteiger charge is 2.10. The van der Waals surface area contributed by atoms with Gasteiger partial charge >= 0.3 is 0 Å². The Kier molecular flexibility index (Phi) is 5.48. The smallest absolute Gasteiger partial charge is 0.234 e. The Morgan fingerprint density at radius 2 is 1.70 bits per heavy atom. The minimum absolute atomic E-state index is 0. The van der Waals surface area contributed by atoms with E-state index in [1.165, 1.54) is 0 Å². The highest BCUT2D eigenvalue weighted by atomic mass is 16.2. The summed E-state index contributed by atoms with van der Waals surface area (Å²) in [5.74, 6) is -1.34. The van der Waals surface area contributed by atoms with Crippen molar-refractivity contribution < 1.29 is 15.1 Å². The van der Waals surface area contributed by atoms with Crippen LogP contribution in [0.3, 0.4) is 0 Å². The van der Waals surface area contributed by atoms with Crippen molar-refractivity contribution in [2.45, 2.75) is 12.5 Å². The average Bonchev–Trinajstić information content (AvgIpc) is 1.63. The third-order valence-corrected chi connectivity index (χ3v) is 0.787. The highest BCUT2D eigenvalue weighted by molar-refractivity contribution is 5.86. The second-order valence-corrected chi connectivity index (χ2v) is 1.68. The van der Waals surface area contributed by atoms with E-state index in [1.807, 2.05) is 0 Å². The first kappa shape index (κ1) is 11.6. The van der Waals surface area contributed by atoms with Crippen LogP contribution in [0.15, 0.2) is 0 Å². The first-order chi connectivity index (χ1) is 4.04. The molecule has 60 valence electrons. The molecule has 0 heterocycles. The van der Waals surface area contributed by atoms with E-state index in [2.05, 4.69) is 0 Å². The fourth-order valence-corrected chi connectivity index (χ4v) is 0.317. The van der Waals surface area contributed by atoms with E-state index in [-0.39, 0.29) is 11.9 Å². The Labute approximate surface area is 57.7 Å². The molecule has 0 aromatic heterocycles. The number of hydrogen-bond donors (Lipinski definition) is 3. The molecule has 0 fully saturated rings. The van der Waals surface area contributed by atoms with Gasteiger partial charge in [0.2, 0.25) is 11.8 Å². The van der Waals surface area contributed by atoms with Crippen molar-refractivity contribution in [3.63, 3.8) is 0 Å². The van der Waals surface area contributed by atoms with Crippen molar-refractivity contribution in [3.8, 4) is 0 Å². The van der Waals surface area contributed by atoms with Gasteiger partial charge in [-0.15, -0.1) is 0 Å². The third-order valence-electron chi connectivity index (χ3n) is 0.787. The lowest BCUT2D eigenvalue weighted by Crippen LogP contribution is -2.39. The van der Waals surface area contributed by atoms with E-state index in [4.69, 9.17) is 17.2 Å². The van der Waals surface area contributed by atoms with Crippen molar-refractivity contribution in [2.24, 2.45) is 17.2 Å². The first-order valence-corrected chi connectivity index (χ1v) is 2.37. The molecular weight excluding hydrogens is 139 g/mol. The summed E-state index contributed by atoms with van der Waals surface area (Å²) in [7, 11) is 0. The predicted molar refractivity (Wildman–Crippen MR) is 34.6 cm³/mol. The zero-order chi connectivity index (χ0) is 7.44. The van der Waals surface area contributed by atoms with E-state index in [9.17, 15) is 9.59 Å². The second-order valence-electron chi connectivity index (χ2n) is 1.68. The molecule has 0 aliphatic carbocycles. The molecule has 0 aromatic carbocycles. The summed E-state index contributed by atoms with van der Waals surface area (Å²) in [6.45, 7) is 0. The van der Waals surface area contributed by atoms with Gasteiger partial charge in [-0.05, 0) is 0 Å². The molecule has 0 aliphatic heterocycles. The lowest BCUT2D eigenvalue weighted by Gasteiger charge is -2.01. The topological polar surface area (TPSA) is 144 Å². The molecule has 6 nitrogen and oxygen atoms in total. The Bertz CT molecular complexity index is 136. The average molecular weight is 150 g/mol. The Morgan fingerprint density at radius 1 is 1.30 bits per heavy atom. The van der Waals surface area contributed by atoms with Crippen LogP contribution in [-0.2, 0) is 9.59 Å². The molecule has 0 saturated carbocycles. The maximum atomic E-state index is 10.1. The van der Waals surface area contributed by atoms with Crippen LogP contribution >= 0.6 is 0 Å². The number of carbonyl (C=O) groups excluding carboxylic acids is 2. The van der Waals surface area contributed by atoms with Gasteiger partial charge in [0, 0.05) is 0 Å². The zero-order valence-corrected chi connectivity index (χ0v) is 5.33. The molecule has 8 N–H and O–H groups in total. The van der Waals surface area contributed by atoms with E-state index < -0.39 is 17.9 Å². The van der Waals surface area contributed by atoms with Crippen LogP contribution in [0.4, 0.5) is 0 Å². The maximum Gasteiger partial charge on any atom is 0.234 e. The fourth-order valence-electron chi connectivity index (χ4n) is 0.317. The van der Waals surface area contributed by atoms with E-state index >= 15 is 0 Å². The van der Waals surface area contributed by atoms with E-state index in [1.54, 1.807) is 0 Å². The van der Waals surface area contributed by atoms with Crippen molar-refractivity contribution in [1.29, 1.82) is 0 Å². The van der Waals surface area contributed by atoms with Crippen LogP contribution in [0.5, 0.6) is 0 Å². The van der Waals surface area contributed by atoms with Gasteiger partial charge in [0.15, 0.2) is 0 Å². The molecule has 0 spiro atoms. The van der Waals surface area contributed by atoms with Crippen molar-refractivity contribution >= 4 is 11.8 Å². The molecule has 0 radical (unpaired) electrons. The second kappa shape index (κ2) is 4.71. The van der Waals surface area contributed by atoms with Gasteiger partial charge in [0.1, 0.15) is 0 Å². The number of nitrogens with two attached hydrogens (primary N) is 3. The first-order valence-electron chi connectivity index (χ1n) is 2.37. The Hall–Kier alpha value is -1.14. The van der Waals surface area contributed by atoms with Gasteiger partial charge in [-0.25, -0.2) is 0 Å². The SMILES string of the molecule is NC(=O)C[C@H](N)C([15NH2])=O.O. The van der Waals surface area contributed by atoms with Crippen LogP contribution in [0, 0.1) is 0 Å². The normalized spacial score (nSPS) is 11.3. The summed E-state index contributed by atoms with van der Waals surface area (Å²) in [6.07, 6.45) is -0.185. The molecule has 0 aliphatic rings. The third kappa shape index (κ3) is 5.01. The summed E-state index contributed by atoms with van der Waals surface area (Å²) in [5, 5.41) is 0. The number of rotatable bonds is 3. The highest BCUT2D eigenvalue weighted by Crippen LogP contribution is 1.82. The van der Waals surface area contributed by atoms with Crippen LogP contribution < -0.4 is 17.2 Å². The summed E-state index contributed by atoms with van der Waals surface area (Å²) < 4.78 is 0. The molecule has 10 heavy (non-hydrogen) atoms. The number of carbonyl (C=O) groups is 2. The molecule has 0 rings (SSSR count). The van der Waals surface area contributed by atoms with Crippen LogP contribution in [0.1, 0.15) is 6.42 Å². The quantitative estimate of drug-likeness (QED) is 0.365. The summed E-state index contributed by atoms with van der Waals surface area (Å²) in [4.78, 5) is 20.2. The molecule has 0 bridgehead atoms. The molecule has 0 aromatic rings. The lowest BCUT2D eigenvalue weighted by molar-refractivity contribution is -0.124. The minimum atomic E-state index is -0.942. The number of hydrogen-bond acceptors (Lipinski definition) is 3. The zero-order valence-electron chi connectivity index (χ0n) is 5.33. The van der Waals surface area contributed by atoms with Crippen LogP contribution in [-0.4, -0.2) is 23.3 Å². The minimum Gasteiger partial charge on any atom is -0.412 e. The summed E-state index contributed by atoms with van der Waals surface area (Å²) >= 11 is 0.